The third-order valence-electron chi connectivity index (χ3n) is 5.04. The Bertz CT molecular complexity index is 1220. The number of morpholine rings is 1. The zero-order valence-corrected chi connectivity index (χ0v) is 18.2. The summed E-state index contributed by atoms with van der Waals surface area (Å²) >= 11 is 0. The second-order valence-corrected chi connectivity index (χ2v) is 9.08. The third-order valence-corrected chi connectivity index (χ3v) is 7.04. The molecule has 1 aliphatic heterocycles. The fraction of sp³-hybridized carbons (Fsp3) is 0.286. The van der Waals surface area contributed by atoms with E-state index in [0.717, 1.165) is 0 Å². The highest BCUT2D eigenvalue weighted by atomic mass is 32.2. The van der Waals surface area contributed by atoms with Crippen LogP contribution in [0, 0.1) is 12.7 Å². The van der Waals surface area contributed by atoms with Crippen LogP contribution in [0.5, 0.6) is 0 Å². The fourth-order valence-corrected chi connectivity index (χ4v) is 5.03. The van der Waals surface area contributed by atoms with Gasteiger partial charge in [0, 0.05) is 19.6 Å². The quantitative estimate of drug-likeness (QED) is 0.601. The summed E-state index contributed by atoms with van der Waals surface area (Å²) in [6, 6.07) is 12.2. The van der Waals surface area contributed by atoms with Crippen LogP contribution in [-0.4, -0.2) is 59.7 Å². The molecule has 3 aromatic rings. The van der Waals surface area contributed by atoms with E-state index in [-0.39, 0.29) is 36.2 Å². The summed E-state index contributed by atoms with van der Waals surface area (Å²) in [6.07, 6.45) is 0. The Morgan fingerprint density at radius 2 is 1.81 bits per heavy atom. The van der Waals surface area contributed by atoms with Crippen LogP contribution in [0.2, 0.25) is 0 Å². The molecule has 168 valence electrons. The molecule has 0 aliphatic carbocycles. The standard InChI is InChI=1S/C21H22FN5O4S/c1-15-24-20(25-27(15)18-8-6-17(22)7-9-18)21(28)23-14-16-4-2-3-5-19(16)32(29,30)26-10-12-31-13-11-26/h2-9H,10-14H2,1H3,(H,23,28). The maximum Gasteiger partial charge on any atom is 0.291 e. The SMILES string of the molecule is Cc1nc(C(=O)NCc2ccccc2S(=O)(=O)N2CCOCC2)nn1-c1ccc(F)cc1. The highest BCUT2D eigenvalue weighted by Crippen LogP contribution is 2.21. The van der Waals surface area contributed by atoms with Crippen LogP contribution in [0.4, 0.5) is 4.39 Å². The first kappa shape index (κ1) is 22.1. The highest BCUT2D eigenvalue weighted by molar-refractivity contribution is 7.89. The highest BCUT2D eigenvalue weighted by Gasteiger charge is 2.28. The molecule has 2 aromatic carbocycles. The maximum atomic E-state index is 13.2. The number of carbonyl (C=O) groups is 1. The van der Waals surface area contributed by atoms with Gasteiger partial charge in [0.15, 0.2) is 0 Å². The van der Waals surface area contributed by atoms with Crippen LogP contribution in [0.3, 0.4) is 0 Å². The molecule has 4 rings (SSSR count). The van der Waals surface area contributed by atoms with Gasteiger partial charge in [-0.2, -0.15) is 4.31 Å². The smallest absolute Gasteiger partial charge is 0.291 e. The topological polar surface area (TPSA) is 106 Å². The molecule has 32 heavy (non-hydrogen) atoms. The molecule has 0 atom stereocenters. The van der Waals surface area contributed by atoms with Gasteiger partial charge in [0.05, 0.1) is 23.8 Å². The molecular formula is C21H22FN5O4S. The van der Waals surface area contributed by atoms with Crippen LogP contribution >= 0.6 is 0 Å². The molecule has 0 unspecified atom stereocenters. The Labute approximate surface area is 184 Å². The molecule has 9 nitrogen and oxygen atoms in total. The molecule has 0 radical (unpaired) electrons. The molecular weight excluding hydrogens is 437 g/mol. The Morgan fingerprint density at radius 1 is 1.12 bits per heavy atom. The maximum absolute atomic E-state index is 13.2. The van der Waals surface area contributed by atoms with Gasteiger partial charge in [-0.1, -0.05) is 18.2 Å². The van der Waals surface area contributed by atoms with E-state index >= 15 is 0 Å². The van der Waals surface area contributed by atoms with Gasteiger partial charge in [0.2, 0.25) is 15.8 Å². The summed E-state index contributed by atoms with van der Waals surface area (Å²) in [5, 5.41) is 6.88. The van der Waals surface area contributed by atoms with Crippen molar-refractivity contribution in [2.24, 2.45) is 0 Å². The number of ether oxygens (including phenoxy) is 1. The lowest BCUT2D eigenvalue weighted by atomic mass is 10.2. The summed E-state index contributed by atoms with van der Waals surface area (Å²) in [6.45, 7) is 2.93. The minimum atomic E-state index is -3.71. The predicted molar refractivity (Wildman–Crippen MR) is 113 cm³/mol. The summed E-state index contributed by atoms with van der Waals surface area (Å²) in [4.78, 5) is 17.0. The molecule has 0 spiro atoms. The van der Waals surface area contributed by atoms with Gasteiger partial charge in [0.1, 0.15) is 11.6 Å². The van der Waals surface area contributed by atoms with E-state index in [1.54, 1.807) is 25.1 Å². The van der Waals surface area contributed by atoms with Gasteiger partial charge in [-0.05, 0) is 42.8 Å². The van der Waals surface area contributed by atoms with Gasteiger partial charge in [-0.3, -0.25) is 4.79 Å². The number of sulfonamides is 1. The van der Waals surface area contributed by atoms with E-state index in [0.29, 0.717) is 30.3 Å². The zero-order valence-electron chi connectivity index (χ0n) is 17.4. The van der Waals surface area contributed by atoms with Gasteiger partial charge >= 0.3 is 0 Å². The van der Waals surface area contributed by atoms with Crippen molar-refractivity contribution >= 4 is 15.9 Å². The van der Waals surface area contributed by atoms with Crippen molar-refractivity contribution in [3.63, 3.8) is 0 Å². The van der Waals surface area contributed by atoms with Gasteiger partial charge in [-0.15, -0.1) is 5.10 Å². The molecule has 0 saturated carbocycles. The first-order valence-electron chi connectivity index (χ1n) is 10.00. The number of nitrogens with one attached hydrogen (secondary N) is 1. The van der Waals surface area contributed by atoms with E-state index in [9.17, 15) is 17.6 Å². The van der Waals surface area contributed by atoms with E-state index in [2.05, 4.69) is 15.4 Å². The van der Waals surface area contributed by atoms with Crippen LogP contribution in [0.15, 0.2) is 53.4 Å². The van der Waals surface area contributed by atoms with Crippen molar-refractivity contribution in [3.8, 4) is 5.69 Å². The van der Waals surface area contributed by atoms with Crippen molar-refractivity contribution in [2.45, 2.75) is 18.4 Å². The normalized spacial score (nSPS) is 14.9. The fourth-order valence-electron chi connectivity index (χ4n) is 3.40. The molecule has 1 N–H and O–H groups in total. The van der Waals surface area contributed by atoms with Gasteiger partial charge < -0.3 is 10.1 Å². The van der Waals surface area contributed by atoms with Crippen LogP contribution in [0.25, 0.3) is 5.69 Å². The minimum Gasteiger partial charge on any atom is -0.379 e. The van der Waals surface area contributed by atoms with E-state index in [4.69, 9.17) is 4.74 Å². The van der Waals surface area contributed by atoms with Crippen molar-refractivity contribution in [1.82, 2.24) is 24.4 Å². The molecule has 2 heterocycles. The lowest BCUT2D eigenvalue weighted by Gasteiger charge is -2.27. The first-order chi connectivity index (χ1) is 15.4. The zero-order chi connectivity index (χ0) is 22.7. The molecule has 0 bridgehead atoms. The van der Waals surface area contributed by atoms with E-state index in [1.807, 2.05) is 0 Å². The lowest BCUT2D eigenvalue weighted by Crippen LogP contribution is -2.41. The number of hydrogen-bond donors (Lipinski definition) is 1. The molecule has 1 saturated heterocycles. The summed E-state index contributed by atoms with van der Waals surface area (Å²) in [5.74, 6) is -0.542. The Morgan fingerprint density at radius 3 is 2.53 bits per heavy atom. The Hall–Kier alpha value is -3.15. The number of aromatic nitrogens is 3. The molecule has 1 amide bonds. The largest absolute Gasteiger partial charge is 0.379 e. The monoisotopic (exact) mass is 459 g/mol. The first-order valence-corrected chi connectivity index (χ1v) is 11.4. The van der Waals surface area contributed by atoms with Gasteiger partial charge in [0.25, 0.3) is 5.91 Å². The lowest BCUT2D eigenvalue weighted by molar-refractivity contribution is 0.0730. The number of halogens is 1. The minimum absolute atomic E-state index is 0.0112. The average Bonchev–Trinajstić information content (AvgIpc) is 3.20. The number of rotatable bonds is 6. The predicted octanol–water partition coefficient (Wildman–Crippen LogP) is 1.67. The number of nitrogens with zero attached hydrogens (tertiary/aromatic N) is 4. The molecule has 1 aromatic heterocycles. The summed E-state index contributed by atoms with van der Waals surface area (Å²) < 4.78 is 47.3. The number of hydrogen-bond acceptors (Lipinski definition) is 6. The van der Waals surface area contributed by atoms with Crippen molar-refractivity contribution in [1.29, 1.82) is 0 Å². The second-order valence-electron chi connectivity index (χ2n) is 7.18. The second kappa shape index (κ2) is 9.15. The summed E-state index contributed by atoms with van der Waals surface area (Å²) in [5.41, 5.74) is 1.03. The average molecular weight is 460 g/mol. The Kier molecular flexibility index (Phi) is 6.31. The molecule has 1 aliphatic rings. The van der Waals surface area contributed by atoms with Crippen LogP contribution < -0.4 is 5.32 Å². The van der Waals surface area contributed by atoms with Gasteiger partial charge in [-0.25, -0.2) is 22.5 Å². The van der Waals surface area contributed by atoms with Crippen molar-refractivity contribution in [2.75, 3.05) is 26.3 Å². The van der Waals surface area contributed by atoms with E-state index < -0.39 is 15.9 Å². The number of amides is 1. The number of aryl methyl sites for hydroxylation is 1. The Balaban J connectivity index is 1.51. The molecule has 1 fully saturated rings. The van der Waals surface area contributed by atoms with Crippen molar-refractivity contribution in [3.05, 3.63) is 71.6 Å². The third kappa shape index (κ3) is 4.54. The number of benzene rings is 2. The summed E-state index contributed by atoms with van der Waals surface area (Å²) in [7, 11) is -3.71. The number of carbonyl (C=O) groups excluding carboxylic acids is 1. The molecule has 11 heteroatoms. The van der Waals surface area contributed by atoms with E-state index in [1.165, 1.54) is 39.3 Å². The van der Waals surface area contributed by atoms with Crippen LogP contribution in [0.1, 0.15) is 22.0 Å². The van der Waals surface area contributed by atoms with Crippen LogP contribution in [-0.2, 0) is 21.3 Å². The van der Waals surface area contributed by atoms with Crippen molar-refractivity contribution < 1.29 is 22.3 Å².